The predicted molar refractivity (Wildman–Crippen MR) is 101 cm³/mol. The minimum Gasteiger partial charge on any atom is -0.328 e. The molecule has 0 unspecified atom stereocenters. The van der Waals surface area contributed by atoms with Gasteiger partial charge in [-0.15, -0.1) is 0 Å². The van der Waals surface area contributed by atoms with Crippen molar-refractivity contribution in [3.8, 4) is 0 Å². The molecule has 1 aliphatic rings. The van der Waals surface area contributed by atoms with Gasteiger partial charge >= 0.3 is 0 Å². The number of amides is 2. The van der Waals surface area contributed by atoms with Crippen molar-refractivity contribution in [3.05, 3.63) is 48.5 Å². The molecule has 1 fully saturated rings. The smallest absolute Gasteiger partial charge is 0.246 e. The Balaban J connectivity index is 1.78. The van der Waals surface area contributed by atoms with E-state index in [0.717, 1.165) is 30.5 Å². The third kappa shape index (κ3) is 4.12. The minimum atomic E-state index is -0.0265. The molecule has 0 radical (unpaired) electrons. The number of benzene rings is 1. The molecule has 1 aromatic carbocycles. The number of anilines is 1. The second kappa shape index (κ2) is 8.17. The van der Waals surface area contributed by atoms with Crippen LogP contribution in [0.4, 0.5) is 5.69 Å². The summed E-state index contributed by atoms with van der Waals surface area (Å²) in [5.41, 5.74) is 2.04. The highest BCUT2D eigenvalue weighted by molar-refractivity contribution is 5.98. The number of carbonyl (C=O) groups excluding carboxylic acids is 2. The van der Waals surface area contributed by atoms with Crippen molar-refractivity contribution in [2.24, 2.45) is 0 Å². The zero-order valence-corrected chi connectivity index (χ0v) is 15.5. The van der Waals surface area contributed by atoms with Crippen molar-refractivity contribution < 1.29 is 9.59 Å². The van der Waals surface area contributed by atoms with Gasteiger partial charge in [0.05, 0.1) is 12.4 Å². The first kappa shape index (κ1) is 18.2. The largest absolute Gasteiger partial charge is 0.328 e. The lowest BCUT2D eigenvalue weighted by Crippen LogP contribution is -2.58. The van der Waals surface area contributed by atoms with Gasteiger partial charge in [0.25, 0.3) is 0 Å². The van der Waals surface area contributed by atoms with Gasteiger partial charge in [-0.05, 0) is 31.0 Å². The van der Waals surface area contributed by atoms with Crippen molar-refractivity contribution in [3.63, 3.8) is 0 Å². The van der Waals surface area contributed by atoms with Crippen LogP contribution in [0, 0.1) is 6.92 Å². The average molecular weight is 354 g/mol. The van der Waals surface area contributed by atoms with Gasteiger partial charge in [-0.2, -0.15) is 0 Å². The Morgan fingerprint density at radius 2 is 2.19 bits per heavy atom. The Labute approximate surface area is 154 Å². The summed E-state index contributed by atoms with van der Waals surface area (Å²) in [5, 5.41) is 0. The van der Waals surface area contributed by atoms with E-state index in [1.165, 1.54) is 0 Å². The lowest BCUT2D eigenvalue weighted by atomic mass is 10.0. The molecule has 0 saturated carbocycles. The van der Waals surface area contributed by atoms with Crippen LogP contribution >= 0.6 is 0 Å². The van der Waals surface area contributed by atoms with Crippen molar-refractivity contribution in [2.45, 2.75) is 45.7 Å². The van der Waals surface area contributed by atoms with Gasteiger partial charge in [-0.1, -0.05) is 31.9 Å². The topological polar surface area (TPSA) is 58.4 Å². The fourth-order valence-electron chi connectivity index (χ4n) is 3.42. The standard InChI is InChI=1S/C20H26N4O2/c1-3-4-7-18-12-23(17-8-5-6-16(2)11-17)20(26)14-24(18)19(25)13-22-10-9-21-15-22/h5-6,8-11,15,18H,3-4,7,12-14H2,1-2H3/t18-/m0/s1. The van der Waals surface area contributed by atoms with Gasteiger partial charge in [0.15, 0.2) is 0 Å². The van der Waals surface area contributed by atoms with Crippen molar-refractivity contribution in [1.82, 2.24) is 14.5 Å². The molecule has 0 aliphatic carbocycles. The molecule has 2 heterocycles. The van der Waals surface area contributed by atoms with E-state index < -0.39 is 0 Å². The molecule has 26 heavy (non-hydrogen) atoms. The fraction of sp³-hybridized carbons (Fsp3) is 0.450. The predicted octanol–water partition coefficient (Wildman–Crippen LogP) is 2.63. The van der Waals surface area contributed by atoms with Crippen LogP contribution in [0.25, 0.3) is 0 Å². The quantitative estimate of drug-likeness (QED) is 0.801. The lowest BCUT2D eigenvalue weighted by Gasteiger charge is -2.41. The number of aryl methyl sites for hydroxylation is 1. The number of hydrogen-bond acceptors (Lipinski definition) is 3. The summed E-state index contributed by atoms with van der Waals surface area (Å²) in [4.78, 5) is 33.1. The molecule has 0 N–H and O–H groups in total. The van der Waals surface area contributed by atoms with E-state index in [0.29, 0.717) is 6.54 Å². The molecule has 6 heteroatoms. The summed E-state index contributed by atoms with van der Waals surface area (Å²) in [6.07, 6.45) is 8.06. The summed E-state index contributed by atoms with van der Waals surface area (Å²) >= 11 is 0. The van der Waals surface area contributed by atoms with Crippen LogP contribution < -0.4 is 4.90 Å². The Morgan fingerprint density at radius 1 is 1.35 bits per heavy atom. The highest BCUT2D eigenvalue weighted by atomic mass is 16.2. The van der Waals surface area contributed by atoms with Gasteiger partial charge in [0, 0.05) is 24.6 Å². The van der Waals surface area contributed by atoms with Gasteiger partial charge in [0.2, 0.25) is 11.8 Å². The maximum Gasteiger partial charge on any atom is 0.246 e. The van der Waals surface area contributed by atoms with E-state index in [9.17, 15) is 9.59 Å². The molecule has 138 valence electrons. The van der Waals surface area contributed by atoms with Gasteiger partial charge < -0.3 is 14.4 Å². The first-order chi connectivity index (χ1) is 12.6. The van der Waals surface area contributed by atoms with Gasteiger partial charge in [-0.25, -0.2) is 4.98 Å². The first-order valence-electron chi connectivity index (χ1n) is 9.20. The molecule has 2 aromatic rings. The number of imidazole rings is 1. The molecular formula is C20H26N4O2. The molecule has 1 aromatic heterocycles. The molecule has 0 bridgehead atoms. The van der Waals surface area contributed by atoms with Crippen molar-refractivity contribution >= 4 is 17.5 Å². The van der Waals surface area contributed by atoms with Crippen molar-refractivity contribution in [1.29, 1.82) is 0 Å². The van der Waals surface area contributed by atoms with Crippen LogP contribution in [0.1, 0.15) is 31.7 Å². The molecule has 0 spiro atoms. The van der Waals surface area contributed by atoms with E-state index in [1.807, 2.05) is 36.1 Å². The number of aromatic nitrogens is 2. The van der Waals surface area contributed by atoms with E-state index in [1.54, 1.807) is 28.2 Å². The van der Waals surface area contributed by atoms with Gasteiger partial charge in [0.1, 0.15) is 13.1 Å². The molecule has 1 atom stereocenters. The summed E-state index contributed by atoms with van der Waals surface area (Å²) in [7, 11) is 0. The average Bonchev–Trinajstić information content (AvgIpc) is 3.13. The molecule has 1 aliphatic heterocycles. The van der Waals surface area contributed by atoms with Crippen LogP contribution in [0.3, 0.4) is 0 Å². The van der Waals surface area contributed by atoms with Crippen molar-refractivity contribution in [2.75, 3.05) is 18.0 Å². The molecule has 1 saturated heterocycles. The molecule has 2 amide bonds. The van der Waals surface area contributed by atoms with Crippen LogP contribution in [0.15, 0.2) is 43.0 Å². The second-order valence-electron chi connectivity index (χ2n) is 6.90. The number of nitrogens with zero attached hydrogens (tertiary/aromatic N) is 4. The summed E-state index contributed by atoms with van der Waals surface area (Å²) < 4.78 is 1.75. The number of piperazine rings is 1. The summed E-state index contributed by atoms with van der Waals surface area (Å²) in [6.45, 7) is 5.07. The number of rotatable bonds is 6. The van der Waals surface area contributed by atoms with E-state index in [-0.39, 0.29) is 30.9 Å². The zero-order chi connectivity index (χ0) is 18.5. The lowest BCUT2D eigenvalue weighted by molar-refractivity contribution is -0.140. The second-order valence-corrected chi connectivity index (χ2v) is 6.90. The Hall–Kier alpha value is -2.63. The maximum absolute atomic E-state index is 12.8. The maximum atomic E-state index is 12.8. The third-order valence-corrected chi connectivity index (χ3v) is 4.84. The summed E-state index contributed by atoms with van der Waals surface area (Å²) in [6, 6.07) is 8.02. The zero-order valence-electron chi connectivity index (χ0n) is 15.5. The van der Waals surface area contributed by atoms with Crippen LogP contribution in [0.5, 0.6) is 0 Å². The Kier molecular flexibility index (Phi) is 5.71. The fourth-order valence-corrected chi connectivity index (χ4v) is 3.42. The normalized spacial score (nSPS) is 17.6. The summed E-state index contributed by atoms with van der Waals surface area (Å²) in [5.74, 6) is -0.0522. The van der Waals surface area contributed by atoms with E-state index >= 15 is 0 Å². The van der Waals surface area contributed by atoms with Gasteiger partial charge in [-0.3, -0.25) is 9.59 Å². The molecule has 6 nitrogen and oxygen atoms in total. The highest BCUT2D eigenvalue weighted by Gasteiger charge is 2.35. The number of carbonyl (C=O) groups is 2. The highest BCUT2D eigenvalue weighted by Crippen LogP contribution is 2.24. The molecular weight excluding hydrogens is 328 g/mol. The van der Waals surface area contributed by atoms with Crippen LogP contribution in [0.2, 0.25) is 0 Å². The van der Waals surface area contributed by atoms with E-state index in [4.69, 9.17) is 0 Å². The Morgan fingerprint density at radius 3 is 2.88 bits per heavy atom. The van der Waals surface area contributed by atoms with E-state index in [2.05, 4.69) is 11.9 Å². The number of hydrogen-bond donors (Lipinski definition) is 0. The SMILES string of the molecule is CCCC[C@H]1CN(c2cccc(C)c2)C(=O)CN1C(=O)Cn1ccnc1. The number of unbranched alkanes of at least 4 members (excludes halogenated alkanes) is 1. The molecule has 3 rings (SSSR count). The third-order valence-electron chi connectivity index (χ3n) is 4.84. The minimum absolute atomic E-state index is 0.0256. The Bertz CT molecular complexity index is 757. The van der Waals surface area contributed by atoms with Crippen LogP contribution in [-0.2, 0) is 16.1 Å². The van der Waals surface area contributed by atoms with Crippen LogP contribution in [-0.4, -0.2) is 45.4 Å². The first-order valence-corrected chi connectivity index (χ1v) is 9.20. The monoisotopic (exact) mass is 354 g/mol.